The first kappa shape index (κ1) is 8.91. The van der Waals surface area contributed by atoms with Gasteiger partial charge < -0.3 is 0 Å². The van der Waals surface area contributed by atoms with Crippen LogP contribution in [0, 0.1) is 7.11 Å². The van der Waals surface area contributed by atoms with Gasteiger partial charge in [-0.05, 0) is 6.42 Å². The van der Waals surface area contributed by atoms with E-state index in [0.717, 1.165) is 6.42 Å². The van der Waals surface area contributed by atoms with Crippen LogP contribution in [-0.2, 0) is 14.3 Å². The quantitative estimate of drug-likeness (QED) is 0.561. The zero-order valence-corrected chi connectivity index (χ0v) is 6.28. The van der Waals surface area contributed by atoms with Crippen LogP contribution in [0.4, 0.5) is 0 Å². The third-order valence-corrected chi connectivity index (χ3v) is 2.08. The van der Waals surface area contributed by atoms with Gasteiger partial charge in [0.2, 0.25) is 0 Å². The summed E-state index contributed by atoms with van der Waals surface area (Å²) in [6, 6.07) is 0. The van der Waals surface area contributed by atoms with Crippen LogP contribution in [0.3, 0.4) is 0 Å². The van der Waals surface area contributed by atoms with Crippen LogP contribution in [0.2, 0.25) is 0 Å². The number of unbranched alkanes of at least 4 members (excludes halogenated alkanes) is 1. The molecule has 0 amide bonds. The van der Waals surface area contributed by atoms with E-state index in [2.05, 4.69) is 11.3 Å². The maximum Gasteiger partial charge on any atom is 0.267 e. The second-order valence-electron chi connectivity index (χ2n) is 1.73. The lowest BCUT2D eigenvalue weighted by Gasteiger charge is -1.96. The maximum absolute atomic E-state index is 10.5. The van der Waals surface area contributed by atoms with Crippen LogP contribution in [0.25, 0.3) is 0 Å². The molecule has 0 atom stereocenters. The minimum Gasteiger partial charge on any atom is -0.268 e. The highest BCUT2D eigenvalue weighted by Crippen LogP contribution is 1.96. The van der Waals surface area contributed by atoms with Crippen LogP contribution in [0.15, 0.2) is 0 Å². The minimum absolute atomic E-state index is 0.0764. The maximum atomic E-state index is 10.5. The van der Waals surface area contributed by atoms with Crippen molar-refractivity contribution >= 4 is 10.1 Å². The van der Waals surface area contributed by atoms with Crippen molar-refractivity contribution in [2.24, 2.45) is 0 Å². The fourth-order valence-corrected chi connectivity index (χ4v) is 1.14. The predicted molar refractivity (Wildman–Crippen MR) is 35.1 cm³/mol. The van der Waals surface area contributed by atoms with Crippen molar-refractivity contribution in [2.75, 3.05) is 5.75 Å². The Morgan fingerprint density at radius 3 is 2.44 bits per heavy atom. The molecule has 9 heavy (non-hydrogen) atoms. The van der Waals surface area contributed by atoms with Gasteiger partial charge in [-0.25, -0.2) is 0 Å². The van der Waals surface area contributed by atoms with Gasteiger partial charge in [-0.3, -0.25) is 4.18 Å². The van der Waals surface area contributed by atoms with Crippen molar-refractivity contribution in [1.82, 2.24) is 0 Å². The molecule has 3 nitrogen and oxygen atoms in total. The van der Waals surface area contributed by atoms with Gasteiger partial charge >= 0.3 is 0 Å². The molecule has 0 aromatic carbocycles. The number of hydrogen-bond acceptors (Lipinski definition) is 3. The Balaban J connectivity index is 3.61. The SMILES string of the molecule is [CH2]OS(=O)(=O)CCCC. The lowest BCUT2D eigenvalue weighted by Crippen LogP contribution is -2.05. The van der Waals surface area contributed by atoms with Gasteiger partial charge in [0.05, 0.1) is 12.9 Å². The molecule has 4 heteroatoms. The standard InChI is InChI=1S/C5H11O3S/c1-3-4-5-9(6,7)8-2/h2-5H2,1H3. The van der Waals surface area contributed by atoms with Crippen molar-refractivity contribution in [1.29, 1.82) is 0 Å². The van der Waals surface area contributed by atoms with E-state index in [1.54, 1.807) is 0 Å². The molecule has 0 fully saturated rings. The molecule has 0 bridgehead atoms. The monoisotopic (exact) mass is 151 g/mol. The third kappa shape index (κ3) is 4.42. The summed E-state index contributed by atoms with van der Waals surface area (Å²) in [7, 11) is -0.470. The average molecular weight is 151 g/mol. The normalized spacial score (nSPS) is 11.8. The van der Waals surface area contributed by atoms with Crippen LogP contribution < -0.4 is 0 Å². The molecule has 55 valence electrons. The Bertz CT molecular complexity index is 148. The van der Waals surface area contributed by atoms with Crippen molar-refractivity contribution in [3.63, 3.8) is 0 Å². The molecule has 0 aliphatic rings. The van der Waals surface area contributed by atoms with Gasteiger partial charge in [0.15, 0.2) is 0 Å². The lowest BCUT2D eigenvalue weighted by molar-refractivity contribution is 0.436. The van der Waals surface area contributed by atoms with E-state index in [4.69, 9.17) is 0 Å². The Labute approximate surface area is 56.1 Å². The molecular weight excluding hydrogens is 140 g/mol. The van der Waals surface area contributed by atoms with Crippen LogP contribution in [0.1, 0.15) is 19.8 Å². The molecular formula is C5H11O3S. The van der Waals surface area contributed by atoms with Crippen molar-refractivity contribution in [2.45, 2.75) is 19.8 Å². The summed E-state index contributed by atoms with van der Waals surface area (Å²) in [5, 5.41) is 0. The summed E-state index contributed by atoms with van der Waals surface area (Å²) in [4.78, 5) is 0. The predicted octanol–water partition coefficient (Wildman–Crippen LogP) is 0.924. The van der Waals surface area contributed by atoms with Gasteiger partial charge in [-0.1, -0.05) is 13.3 Å². The van der Waals surface area contributed by atoms with E-state index >= 15 is 0 Å². The second kappa shape index (κ2) is 3.85. The average Bonchev–Trinajstić information content (AvgIpc) is 1.84. The van der Waals surface area contributed by atoms with Crippen LogP contribution in [0.5, 0.6) is 0 Å². The second-order valence-corrected chi connectivity index (χ2v) is 3.49. The molecule has 0 saturated carbocycles. The summed E-state index contributed by atoms with van der Waals surface area (Å²) in [5.41, 5.74) is 0. The molecule has 0 aromatic rings. The molecule has 0 heterocycles. The Kier molecular flexibility index (Phi) is 3.81. The summed E-state index contributed by atoms with van der Waals surface area (Å²) in [6.45, 7) is 1.92. The molecule has 0 spiro atoms. The van der Waals surface area contributed by atoms with Gasteiger partial charge in [0, 0.05) is 0 Å². The largest absolute Gasteiger partial charge is 0.268 e. The van der Waals surface area contributed by atoms with Crippen molar-refractivity contribution in [3.8, 4) is 0 Å². The third-order valence-electron chi connectivity index (χ3n) is 0.927. The van der Waals surface area contributed by atoms with Gasteiger partial charge in [0.25, 0.3) is 10.1 Å². The van der Waals surface area contributed by atoms with Crippen molar-refractivity contribution in [3.05, 3.63) is 7.11 Å². The summed E-state index contributed by atoms with van der Waals surface area (Å²) < 4.78 is 24.9. The summed E-state index contributed by atoms with van der Waals surface area (Å²) in [6.07, 6.45) is 1.49. The smallest absolute Gasteiger partial charge is 0.267 e. The van der Waals surface area contributed by atoms with E-state index < -0.39 is 10.1 Å². The lowest BCUT2D eigenvalue weighted by atomic mass is 10.4. The molecule has 0 rings (SSSR count). The minimum atomic E-state index is -3.29. The van der Waals surface area contributed by atoms with Crippen molar-refractivity contribution < 1.29 is 12.6 Å². The zero-order chi connectivity index (χ0) is 7.33. The number of rotatable bonds is 4. The van der Waals surface area contributed by atoms with Gasteiger partial charge in [-0.15, -0.1) is 0 Å². The molecule has 1 radical (unpaired) electrons. The van der Waals surface area contributed by atoms with E-state index in [9.17, 15) is 8.42 Å². The molecule has 0 N–H and O–H groups in total. The molecule has 0 aliphatic heterocycles. The summed E-state index contributed by atoms with van der Waals surface area (Å²) >= 11 is 0. The molecule has 0 aliphatic carbocycles. The van der Waals surface area contributed by atoms with E-state index in [0.29, 0.717) is 6.42 Å². The highest BCUT2D eigenvalue weighted by atomic mass is 32.2. The topological polar surface area (TPSA) is 43.4 Å². The highest BCUT2D eigenvalue weighted by molar-refractivity contribution is 7.86. The molecule has 0 saturated heterocycles. The first-order valence-corrected chi connectivity index (χ1v) is 4.36. The van der Waals surface area contributed by atoms with E-state index in [1.165, 1.54) is 0 Å². The first-order chi connectivity index (χ1) is 4.12. The Morgan fingerprint density at radius 2 is 2.11 bits per heavy atom. The highest BCUT2D eigenvalue weighted by Gasteiger charge is 2.05. The van der Waals surface area contributed by atoms with E-state index in [-0.39, 0.29) is 5.75 Å². The molecule has 0 aromatic heterocycles. The zero-order valence-electron chi connectivity index (χ0n) is 5.46. The Hall–Kier alpha value is -0.0900. The fourth-order valence-electron chi connectivity index (χ4n) is 0.380. The van der Waals surface area contributed by atoms with Gasteiger partial charge in [0.1, 0.15) is 0 Å². The van der Waals surface area contributed by atoms with Crippen LogP contribution in [-0.4, -0.2) is 14.2 Å². The van der Waals surface area contributed by atoms with Crippen LogP contribution >= 0.6 is 0 Å². The summed E-state index contributed by atoms with van der Waals surface area (Å²) in [5.74, 6) is 0.0764. The first-order valence-electron chi connectivity index (χ1n) is 2.78. The molecule has 0 unspecified atom stereocenters. The number of hydrogen-bond donors (Lipinski definition) is 0. The van der Waals surface area contributed by atoms with E-state index in [1.807, 2.05) is 6.92 Å². The Morgan fingerprint density at radius 1 is 1.56 bits per heavy atom. The fraction of sp³-hybridized carbons (Fsp3) is 0.800. The van der Waals surface area contributed by atoms with Gasteiger partial charge in [-0.2, -0.15) is 8.42 Å².